The van der Waals surface area contributed by atoms with Crippen LogP contribution in [0.25, 0.3) is 0 Å². The van der Waals surface area contributed by atoms with Gasteiger partial charge < -0.3 is 10.2 Å². The summed E-state index contributed by atoms with van der Waals surface area (Å²) in [4.78, 5) is 2.24. The van der Waals surface area contributed by atoms with Crippen LogP contribution in [0.4, 0.5) is 0 Å². The van der Waals surface area contributed by atoms with Crippen LogP contribution in [0.2, 0.25) is 0 Å². The Kier molecular flexibility index (Phi) is 4.93. The molecule has 18 heavy (non-hydrogen) atoms. The molecule has 1 rings (SSSR count). The Labute approximate surface area is 111 Å². The van der Waals surface area contributed by atoms with E-state index in [1.54, 1.807) is 0 Å². The maximum atomic E-state index is 4.39. The number of rotatable bonds is 6. The zero-order chi connectivity index (χ0) is 13.9. The van der Waals surface area contributed by atoms with Gasteiger partial charge in [0.05, 0.1) is 5.69 Å². The Morgan fingerprint density at radius 3 is 2.50 bits per heavy atom. The molecule has 1 aromatic rings. The molecule has 0 aliphatic carbocycles. The Bertz CT molecular complexity index is 379. The Morgan fingerprint density at radius 2 is 2.06 bits per heavy atom. The van der Waals surface area contributed by atoms with Gasteiger partial charge in [0.15, 0.2) is 0 Å². The van der Waals surface area contributed by atoms with Gasteiger partial charge in [0.25, 0.3) is 0 Å². The Morgan fingerprint density at radius 1 is 1.44 bits per heavy atom. The van der Waals surface area contributed by atoms with Crippen molar-refractivity contribution in [1.29, 1.82) is 0 Å². The topological polar surface area (TPSA) is 33.1 Å². The maximum Gasteiger partial charge on any atom is 0.0641 e. The van der Waals surface area contributed by atoms with E-state index in [-0.39, 0.29) is 5.41 Å². The van der Waals surface area contributed by atoms with E-state index in [4.69, 9.17) is 0 Å². The van der Waals surface area contributed by atoms with Crippen LogP contribution >= 0.6 is 0 Å². The molecule has 4 nitrogen and oxygen atoms in total. The first-order valence-electron chi connectivity index (χ1n) is 6.59. The summed E-state index contributed by atoms with van der Waals surface area (Å²) >= 11 is 0. The van der Waals surface area contributed by atoms with Crippen LogP contribution in [0.5, 0.6) is 0 Å². The van der Waals surface area contributed by atoms with E-state index in [9.17, 15) is 0 Å². The molecule has 1 N–H and O–H groups in total. The van der Waals surface area contributed by atoms with E-state index in [1.165, 1.54) is 5.56 Å². The summed E-state index contributed by atoms with van der Waals surface area (Å²) in [6, 6.07) is 0.347. The van der Waals surface area contributed by atoms with Crippen LogP contribution in [0.3, 0.4) is 0 Å². The molecule has 1 aromatic heterocycles. The second kappa shape index (κ2) is 5.85. The Balaban J connectivity index is 2.55. The number of hydrogen-bond donors (Lipinski definition) is 1. The third-order valence-electron chi connectivity index (χ3n) is 3.15. The summed E-state index contributed by atoms with van der Waals surface area (Å²) in [5.74, 6) is 0. The monoisotopic (exact) mass is 252 g/mol. The molecule has 104 valence electrons. The summed E-state index contributed by atoms with van der Waals surface area (Å²) in [7, 11) is 6.21. The standard InChI is InChI=1S/C14H28N4/c1-11(13-8-18(7)16-12(13)2)15-9-14(3,4)10-17(5)6/h8,11,15H,9-10H2,1-7H3. The lowest BCUT2D eigenvalue weighted by Crippen LogP contribution is -2.38. The first-order chi connectivity index (χ1) is 8.21. The SMILES string of the molecule is Cc1nn(C)cc1C(C)NCC(C)(C)CN(C)C. The van der Waals surface area contributed by atoms with Gasteiger partial charge in [0, 0.05) is 37.9 Å². The molecular formula is C14H28N4. The second-order valence-electron chi connectivity index (χ2n) is 6.35. The highest BCUT2D eigenvalue weighted by Gasteiger charge is 2.20. The minimum atomic E-state index is 0.272. The summed E-state index contributed by atoms with van der Waals surface area (Å²) in [5, 5.41) is 8.01. The van der Waals surface area contributed by atoms with Crippen molar-refractivity contribution < 1.29 is 0 Å². The zero-order valence-electron chi connectivity index (χ0n) is 12.9. The van der Waals surface area contributed by atoms with Gasteiger partial charge in [-0.2, -0.15) is 5.10 Å². The van der Waals surface area contributed by atoms with Crippen molar-refractivity contribution in [1.82, 2.24) is 20.0 Å². The summed E-state index contributed by atoms with van der Waals surface area (Å²) in [5.41, 5.74) is 2.68. The molecule has 1 unspecified atom stereocenters. The molecular weight excluding hydrogens is 224 g/mol. The summed E-state index contributed by atoms with van der Waals surface area (Å²) < 4.78 is 1.88. The normalized spacial score (nSPS) is 14.2. The van der Waals surface area contributed by atoms with Crippen molar-refractivity contribution in [2.24, 2.45) is 12.5 Å². The lowest BCUT2D eigenvalue weighted by Gasteiger charge is -2.30. The highest BCUT2D eigenvalue weighted by molar-refractivity contribution is 5.19. The fourth-order valence-electron chi connectivity index (χ4n) is 2.49. The number of nitrogens with zero attached hydrogens (tertiary/aromatic N) is 3. The molecule has 0 aliphatic rings. The second-order valence-corrected chi connectivity index (χ2v) is 6.35. The molecule has 0 aliphatic heterocycles. The molecule has 0 fully saturated rings. The average molecular weight is 252 g/mol. The fourth-order valence-corrected chi connectivity index (χ4v) is 2.49. The highest BCUT2D eigenvalue weighted by atomic mass is 15.3. The van der Waals surface area contributed by atoms with Crippen LogP contribution in [0.1, 0.15) is 38.1 Å². The third kappa shape index (κ3) is 4.42. The third-order valence-corrected chi connectivity index (χ3v) is 3.15. The smallest absolute Gasteiger partial charge is 0.0641 e. The molecule has 0 aromatic carbocycles. The lowest BCUT2D eigenvalue weighted by atomic mass is 9.92. The van der Waals surface area contributed by atoms with Gasteiger partial charge in [0.2, 0.25) is 0 Å². The van der Waals surface area contributed by atoms with Crippen LogP contribution in [-0.4, -0.2) is 41.9 Å². The number of nitrogens with one attached hydrogen (secondary N) is 1. The summed E-state index contributed by atoms with van der Waals surface area (Å²) in [6.07, 6.45) is 2.10. The van der Waals surface area contributed by atoms with E-state index < -0.39 is 0 Å². The zero-order valence-corrected chi connectivity index (χ0v) is 12.9. The van der Waals surface area contributed by atoms with Gasteiger partial charge in [0.1, 0.15) is 0 Å². The quantitative estimate of drug-likeness (QED) is 0.840. The minimum Gasteiger partial charge on any atom is -0.309 e. The van der Waals surface area contributed by atoms with E-state index in [2.05, 4.69) is 63.3 Å². The first kappa shape index (κ1) is 15.2. The predicted molar refractivity (Wildman–Crippen MR) is 76.7 cm³/mol. The molecule has 0 amide bonds. The lowest BCUT2D eigenvalue weighted by molar-refractivity contribution is 0.227. The molecule has 4 heteroatoms. The van der Waals surface area contributed by atoms with Gasteiger partial charge in [-0.25, -0.2) is 0 Å². The molecule has 0 saturated carbocycles. The largest absolute Gasteiger partial charge is 0.309 e. The number of hydrogen-bond acceptors (Lipinski definition) is 3. The highest BCUT2D eigenvalue weighted by Crippen LogP contribution is 2.19. The van der Waals surface area contributed by atoms with Gasteiger partial charge >= 0.3 is 0 Å². The molecule has 0 saturated heterocycles. The van der Waals surface area contributed by atoms with Crippen molar-refractivity contribution >= 4 is 0 Å². The number of aromatic nitrogens is 2. The van der Waals surface area contributed by atoms with E-state index in [0.29, 0.717) is 6.04 Å². The fraction of sp³-hybridized carbons (Fsp3) is 0.786. The van der Waals surface area contributed by atoms with Crippen molar-refractivity contribution in [3.8, 4) is 0 Å². The van der Waals surface area contributed by atoms with Crippen LogP contribution < -0.4 is 5.32 Å². The summed E-state index contributed by atoms with van der Waals surface area (Å²) in [6.45, 7) is 10.9. The molecule has 1 heterocycles. The van der Waals surface area contributed by atoms with Crippen LogP contribution in [-0.2, 0) is 7.05 Å². The minimum absolute atomic E-state index is 0.272. The molecule has 0 spiro atoms. The maximum absolute atomic E-state index is 4.39. The van der Waals surface area contributed by atoms with Gasteiger partial charge in [-0.3, -0.25) is 4.68 Å². The van der Waals surface area contributed by atoms with Gasteiger partial charge in [-0.05, 0) is 33.4 Å². The first-order valence-corrected chi connectivity index (χ1v) is 6.59. The Hall–Kier alpha value is -0.870. The van der Waals surface area contributed by atoms with Crippen LogP contribution in [0, 0.1) is 12.3 Å². The molecule has 0 bridgehead atoms. The molecule has 1 atom stereocenters. The van der Waals surface area contributed by atoms with E-state index in [1.807, 2.05) is 11.7 Å². The van der Waals surface area contributed by atoms with E-state index in [0.717, 1.165) is 18.8 Å². The van der Waals surface area contributed by atoms with Crippen molar-refractivity contribution in [2.45, 2.75) is 33.7 Å². The van der Waals surface area contributed by atoms with Crippen molar-refractivity contribution in [3.63, 3.8) is 0 Å². The van der Waals surface area contributed by atoms with Crippen LogP contribution in [0.15, 0.2) is 6.20 Å². The van der Waals surface area contributed by atoms with Gasteiger partial charge in [-0.1, -0.05) is 13.8 Å². The van der Waals surface area contributed by atoms with E-state index >= 15 is 0 Å². The average Bonchev–Trinajstić information content (AvgIpc) is 2.52. The predicted octanol–water partition coefficient (Wildman–Crippen LogP) is 1.97. The molecule has 0 radical (unpaired) electrons. The van der Waals surface area contributed by atoms with Crippen molar-refractivity contribution in [2.75, 3.05) is 27.2 Å². The van der Waals surface area contributed by atoms with Crippen molar-refractivity contribution in [3.05, 3.63) is 17.5 Å². The number of aryl methyl sites for hydroxylation is 2. The van der Waals surface area contributed by atoms with Gasteiger partial charge in [-0.15, -0.1) is 0 Å².